The number of halogens is 1. The number of para-hydroxylation sites is 1. The number of nitrogens with zero attached hydrogens (tertiary/aromatic N) is 1. The van der Waals surface area contributed by atoms with Gasteiger partial charge in [0.1, 0.15) is 0 Å². The van der Waals surface area contributed by atoms with Gasteiger partial charge in [0.15, 0.2) is 0 Å². The monoisotopic (exact) mass is 312 g/mol. The number of benzene rings is 1. The molecule has 0 unspecified atom stereocenters. The van der Waals surface area contributed by atoms with Gasteiger partial charge >= 0.3 is 0 Å². The Labute approximate surface area is 133 Å². The van der Waals surface area contributed by atoms with E-state index < -0.39 is 0 Å². The zero-order valence-corrected chi connectivity index (χ0v) is 13.4. The first-order chi connectivity index (χ1) is 9.81. The summed E-state index contributed by atoms with van der Waals surface area (Å²) in [5, 5.41) is 3.13. The van der Waals surface area contributed by atoms with Crippen LogP contribution >= 0.6 is 12.4 Å². The summed E-state index contributed by atoms with van der Waals surface area (Å²) < 4.78 is 4.97. The minimum atomic E-state index is 0. The van der Waals surface area contributed by atoms with Gasteiger partial charge in [0.05, 0.1) is 13.2 Å². The van der Waals surface area contributed by atoms with E-state index in [4.69, 9.17) is 4.74 Å². The van der Waals surface area contributed by atoms with E-state index in [1.54, 1.807) is 7.11 Å². The van der Waals surface area contributed by atoms with Gasteiger partial charge in [0, 0.05) is 25.9 Å². The lowest BCUT2D eigenvalue weighted by Crippen LogP contribution is -2.42. The smallest absolute Gasteiger partial charge is 0.240 e. The molecule has 0 heterocycles. The second-order valence-corrected chi connectivity index (χ2v) is 5.31. The second-order valence-electron chi connectivity index (χ2n) is 5.31. The molecule has 21 heavy (non-hydrogen) atoms. The van der Waals surface area contributed by atoms with Crippen LogP contribution in [0.1, 0.15) is 19.3 Å². The molecule has 0 atom stereocenters. The number of carbonyl (C=O) groups excluding carboxylic acids is 1. The van der Waals surface area contributed by atoms with Crippen LogP contribution in [0.2, 0.25) is 0 Å². The van der Waals surface area contributed by atoms with Gasteiger partial charge in [0.2, 0.25) is 5.91 Å². The maximum atomic E-state index is 12.4. The quantitative estimate of drug-likeness (QED) is 0.750. The number of methoxy groups -OCH3 is 1. The number of rotatable bonds is 8. The van der Waals surface area contributed by atoms with Crippen molar-refractivity contribution in [2.45, 2.75) is 19.3 Å². The second kappa shape index (κ2) is 9.77. The molecule has 1 amide bonds. The topological polar surface area (TPSA) is 41.6 Å². The Bertz CT molecular complexity index is 410. The van der Waals surface area contributed by atoms with Crippen molar-refractivity contribution in [3.05, 3.63) is 30.3 Å². The molecule has 118 valence electrons. The number of amides is 1. The molecule has 2 rings (SSSR count). The summed E-state index contributed by atoms with van der Waals surface area (Å²) in [5.74, 6) is 0.803. The summed E-state index contributed by atoms with van der Waals surface area (Å²) in [6, 6.07) is 9.95. The van der Waals surface area contributed by atoms with Crippen molar-refractivity contribution in [3.8, 4) is 0 Å². The summed E-state index contributed by atoms with van der Waals surface area (Å²) in [4.78, 5) is 14.3. The molecule has 0 spiro atoms. The fraction of sp³-hybridized carbons (Fsp3) is 0.562. The first-order valence-corrected chi connectivity index (χ1v) is 7.36. The third-order valence-corrected chi connectivity index (χ3v) is 3.79. The van der Waals surface area contributed by atoms with Crippen molar-refractivity contribution in [2.24, 2.45) is 5.92 Å². The van der Waals surface area contributed by atoms with Crippen molar-refractivity contribution in [3.63, 3.8) is 0 Å². The minimum Gasteiger partial charge on any atom is -0.383 e. The van der Waals surface area contributed by atoms with Crippen molar-refractivity contribution < 1.29 is 9.53 Å². The summed E-state index contributed by atoms with van der Waals surface area (Å²) in [5.41, 5.74) is 0.998. The number of nitrogens with one attached hydrogen (secondary N) is 1. The Balaban J connectivity index is 0.00000220. The first kappa shape index (κ1) is 18.0. The van der Waals surface area contributed by atoms with Crippen molar-refractivity contribution >= 4 is 24.0 Å². The molecular weight excluding hydrogens is 288 g/mol. The molecule has 0 aliphatic heterocycles. The number of ether oxygens (including phenoxy) is 1. The van der Waals surface area contributed by atoms with Crippen LogP contribution in [-0.4, -0.2) is 39.3 Å². The summed E-state index contributed by atoms with van der Waals surface area (Å²) in [7, 11) is 1.66. The third kappa shape index (κ3) is 5.65. The van der Waals surface area contributed by atoms with Gasteiger partial charge in [-0.15, -0.1) is 12.4 Å². The summed E-state index contributed by atoms with van der Waals surface area (Å²) in [6.07, 6.45) is 3.79. The zero-order chi connectivity index (χ0) is 14.2. The lowest BCUT2D eigenvalue weighted by Gasteiger charge is -2.32. The van der Waals surface area contributed by atoms with Gasteiger partial charge in [-0.3, -0.25) is 4.79 Å². The normalized spacial score (nSPS) is 14.1. The molecule has 0 bridgehead atoms. The summed E-state index contributed by atoms with van der Waals surface area (Å²) >= 11 is 0. The van der Waals surface area contributed by atoms with Crippen LogP contribution in [0.4, 0.5) is 5.69 Å². The van der Waals surface area contributed by atoms with E-state index in [1.165, 1.54) is 19.3 Å². The molecule has 0 aromatic heterocycles. The fourth-order valence-corrected chi connectivity index (χ4v) is 2.36. The SMILES string of the molecule is COCCNCC(=O)N(CC1CCC1)c1ccccc1.Cl. The average Bonchev–Trinajstić information content (AvgIpc) is 2.43. The van der Waals surface area contributed by atoms with E-state index in [0.717, 1.165) is 12.2 Å². The van der Waals surface area contributed by atoms with Gasteiger partial charge in [-0.2, -0.15) is 0 Å². The molecule has 5 heteroatoms. The molecule has 0 radical (unpaired) electrons. The molecule has 1 aliphatic rings. The highest BCUT2D eigenvalue weighted by atomic mass is 35.5. The average molecular weight is 313 g/mol. The Hall–Kier alpha value is -1.10. The predicted molar refractivity (Wildman–Crippen MR) is 88.1 cm³/mol. The van der Waals surface area contributed by atoms with Crippen LogP contribution in [0.5, 0.6) is 0 Å². The minimum absolute atomic E-state index is 0. The molecule has 1 aromatic rings. The van der Waals surface area contributed by atoms with Gasteiger partial charge in [-0.25, -0.2) is 0 Å². The van der Waals surface area contributed by atoms with E-state index in [1.807, 2.05) is 35.2 Å². The fourth-order valence-electron chi connectivity index (χ4n) is 2.36. The molecule has 1 N–H and O–H groups in total. The van der Waals surface area contributed by atoms with Crippen LogP contribution in [0.3, 0.4) is 0 Å². The number of carbonyl (C=O) groups is 1. The third-order valence-electron chi connectivity index (χ3n) is 3.79. The van der Waals surface area contributed by atoms with Crippen LogP contribution < -0.4 is 10.2 Å². The van der Waals surface area contributed by atoms with E-state index in [0.29, 0.717) is 25.6 Å². The molecule has 4 nitrogen and oxygen atoms in total. The standard InChI is InChI=1S/C16H24N2O2.ClH/c1-20-11-10-17-12-16(19)18(13-14-6-5-7-14)15-8-3-2-4-9-15;/h2-4,8-9,14,17H,5-7,10-13H2,1H3;1H. The molecular formula is C16H25ClN2O2. The predicted octanol–water partition coefficient (Wildman–Crippen LogP) is 2.48. The highest BCUT2D eigenvalue weighted by Gasteiger charge is 2.24. The van der Waals surface area contributed by atoms with Gasteiger partial charge in [0.25, 0.3) is 0 Å². The van der Waals surface area contributed by atoms with Gasteiger partial charge in [-0.1, -0.05) is 24.6 Å². The number of anilines is 1. The number of hydrogen-bond donors (Lipinski definition) is 1. The maximum absolute atomic E-state index is 12.4. The van der Waals surface area contributed by atoms with Crippen LogP contribution in [0, 0.1) is 5.92 Å². The Morgan fingerprint density at radius 3 is 2.62 bits per heavy atom. The van der Waals surface area contributed by atoms with Gasteiger partial charge < -0.3 is 15.0 Å². The first-order valence-electron chi connectivity index (χ1n) is 7.36. The van der Waals surface area contributed by atoms with Gasteiger partial charge in [-0.05, 0) is 30.9 Å². The molecule has 1 saturated carbocycles. The van der Waals surface area contributed by atoms with E-state index in [9.17, 15) is 4.79 Å². The summed E-state index contributed by atoms with van der Waals surface area (Å²) in [6.45, 7) is 2.54. The van der Waals surface area contributed by atoms with Crippen molar-refractivity contribution in [1.82, 2.24) is 5.32 Å². The van der Waals surface area contributed by atoms with Crippen LogP contribution in [-0.2, 0) is 9.53 Å². The molecule has 1 aromatic carbocycles. The maximum Gasteiger partial charge on any atom is 0.240 e. The largest absolute Gasteiger partial charge is 0.383 e. The Morgan fingerprint density at radius 2 is 2.05 bits per heavy atom. The lowest BCUT2D eigenvalue weighted by atomic mass is 9.85. The highest BCUT2D eigenvalue weighted by Crippen LogP contribution is 2.28. The van der Waals surface area contributed by atoms with Crippen LogP contribution in [0.25, 0.3) is 0 Å². The van der Waals surface area contributed by atoms with E-state index >= 15 is 0 Å². The van der Waals surface area contributed by atoms with Crippen LogP contribution in [0.15, 0.2) is 30.3 Å². The van der Waals surface area contributed by atoms with Crippen molar-refractivity contribution in [1.29, 1.82) is 0 Å². The Kier molecular flexibility index (Phi) is 8.35. The van der Waals surface area contributed by atoms with Crippen molar-refractivity contribution in [2.75, 3.05) is 38.3 Å². The Morgan fingerprint density at radius 1 is 1.33 bits per heavy atom. The van der Waals surface area contributed by atoms with E-state index in [-0.39, 0.29) is 18.3 Å². The highest BCUT2D eigenvalue weighted by molar-refractivity contribution is 5.94. The number of hydrogen-bond acceptors (Lipinski definition) is 3. The zero-order valence-electron chi connectivity index (χ0n) is 12.6. The lowest BCUT2D eigenvalue weighted by molar-refractivity contribution is -0.118. The molecule has 1 fully saturated rings. The molecule has 0 saturated heterocycles. The molecule has 1 aliphatic carbocycles. The van der Waals surface area contributed by atoms with E-state index in [2.05, 4.69) is 5.32 Å².